The Kier molecular flexibility index (Phi) is 9.23. The van der Waals surface area contributed by atoms with Crippen molar-refractivity contribution in [3.8, 4) is 11.8 Å². The first kappa shape index (κ1) is 28.2. The molecule has 2 amide bonds. The van der Waals surface area contributed by atoms with Crippen molar-refractivity contribution in [1.82, 2.24) is 4.90 Å². The van der Waals surface area contributed by atoms with Gasteiger partial charge in [0, 0.05) is 37.1 Å². The first-order valence-corrected chi connectivity index (χ1v) is 13.8. The van der Waals surface area contributed by atoms with Crippen molar-refractivity contribution in [1.29, 1.82) is 0 Å². The third-order valence-corrected chi connectivity index (χ3v) is 8.27. The quantitative estimate of drug-likeness (QED) is 0.518. The lowest BCUT2D eigenvalue weighted by molar-refractivity contribution is -0.138. The van der Waals surface area contributed by atoms with Gasteiger partial charge in [-0.1, -0.05) is 18.8 Å². The van der Waals surface area contributed by atoms with E-state index in [0.29, 0.717) is 48.2 Å². The number of amides is 2. The van der Waals surface area contributed by atoms with Crippen LogP contribution in [0.15, 0.2) is 0 Å². The Balaban J connectivity index is 2.12. The largest absolute Gasteiger partial charge is 0.477 e. The minimum absolute atomic E-state index is 0.0741. The van der Waals surface area contributed by atoms with Crippen molar-refractivity contribution in [2.45, 2.75) is 79.2 Å². The molecule has 3 rings (SSSR count). The predicted molar refractivity (Wildman–Crippen MR) is 142 cm³/mol. The second-order valence-corrected chi connectivity index (χ2v) is 12.2. The van der Waals surface area contributed by atoms with Crippen LogP contribution in [-0.4, -0.2) is 60.6 Å². The number of nitrogens with zero attached hydrogens (tertiary/aromatic N) is 2. The van der Waals surface area contributed by atoms with Crippen LogP contribution in [0.5, 0.6) is 0 Å². The third kappa shape index (κ3) is 6.49. The second kappa shape index (κ2) is 11.8. The van der Waals surface area contributed by atoms with Crippen LogP contribution in [0.1, 0.15) is 86.3 Å². The average Bonchev–Trinajstić information content (AvgIpc) is 3.14. The van der Waals surface area contributed by atoms with Crippen LogP contribution in [0, 0.1) is 36.0 Å². The molecule has 7 nitrogen and oxygen atoms in total. The Labute approximate surface area is 219 Å². The highest BCUT2D eigenvalue weighted by atomic mass is 32.1. The lowest BCUT2D eigenvalue weighted by atomic mass is 9.81. The lowest BCUT2D eigenvalue weighted by Crippen LogP contribution is -2.56. The summed E-state index contributed by atoms with van der Waals surface area (Å²) in [6.07, 6.45) is 4.68. The molecular weight excluding hydrogens is 476 g/mol. The molecule has 0 radical (unpaired) electrons. The Morgan fingerprint density at radius 2 is 1.86 bits per heavy atom. The molecule has 0 bridgehead atoms. The second-order valence-electron chi connectivity index (χ2n) is 11.2. The van der Waals surface area contributed by atoms with E-state index in [1.54, 1.807) is 16.9 Å². The van der Waals surface area contributed by atoms with E-state index in [9.17, 15) is 19.5 Å². The third-order valence-electron chi connectivity index (χ3n) is 7.08. The van der Waals surface area contributed by atoms with Gasteiger partial charge in [-0.15, -0.1) is 11.3 Å². The molecule has 1 aromatic heterocycles. The standard InChI is InChI=1S/C28H40N2O5S/c1-18-9-11-20(12-10-18)25(31)30(21-8-7-15-29(26(21)32)16-17-35-6)23-19(2)22(13-14-28(3,4)5)36-24(23)27(33)34/h18,20-21H,7-12,15-17H2,1-6H3,(H,33,34)/t18?,20?,21-/m0/s1. The van der Waals surface area contributed by atoms with Crippen LogP contribution in [0.25, 0.3) is 0 Å². The van der Waals surface area contributed by atoms with Gasteiger partial charge < -0.3 is 14.7 Å². The van der Waals surface area contributed by atoms with Gasteiger partial charge in [0.1, 0.15) is 10.9 Å². The SMILES string of the molecule is COCCN1CCC[C@H](N(C(=O)C2CCC(C)CC2)c2c(C(=O)O)sc(C#CC(C)(C)C)c2C)C1=O. The van der Waals surface area contributed by atoms with Gasteiger partial charge in [-0.05, 0) is 72.1 Å². The zero-order valence-electron chi connectivity index (χ0n) is 22.5. The molecule has 1 atom stereocenters. The summed E-state index contributed by atoms with van der Waals surface area (Å²) in [5.41, 5.74) is 0.755. The summed E-state index contributed by atoms with van der Waals surface area (Å²) < 4.78 is 5.19. The number of ether oxygens (including phenoxy) is 1. The molecule has 0 spiro atoms. The molecule has 2 aliphatic rings. The molecule has 2 heterocycles. The minimum atomic E-state index is -1.10. The molecule has 198 valence electrons. The summed E-state index contributed by atoms with van der Waals surface area (Å²) in [7, 11) is 1.60. The maximum Gasteiger partial charge on any atom is 0.348 e. The van der Waals surface area contributed by atoms with Crippen LogP contribution in [-0.2, 0) is 14.3 Å². The van der Waals surface area contributed by atoms with Crippen LogP contribution in [0.2, 0.25) is 0 Å². The highest BCUT2D eigenvalue weighted by molar-refractivity contribution is 7.15. The molecule has 2 fully saturated rings. The van der Waals surface area contributed by atoms with E-state index in [0.717, 1.165) is 43.4 Å². The Bertz CT molecular complexity index is 1040. The highest BCUT2D eigenvalue weighted by Gasteiger charge is 2.42. The van der Waals surface area contributed by atoms with Gasteiger partial charge in [0.05, 0.1) is 17.2 Å². The Morgan fingerprint density at radius 1 is 1.19 bits per heavy atom. The number of carbonyl (C=O) groups is 3. The molecule has 1 aliphatic heterocycles. The molecule has 1 saturated carbocycles. The van der Waals surface area contributed by atoms with E-state index in [1.165, 1.54) is 0 Å². The number of carbonyl (C=O) groups excluding carboxylic acids is 2. The van der Waals surface area contributed by atoms with E-state index in [4.69, 9.17) is 4.74 Å². The van der Waals surface area contributed by atoms with Gasteiger partial charge >= 0.3 is 5.97 Å². The van der Waals surface area contributed by atoms with Gasteiger partial charge in [0.2, 0.25) is 11.8 Å². The van der Waals surface area contributed by atoms with Crippen LogP contribution in [0.4, 0.5) is 5.69 Å². The van der Waals surface area contributed by atoms with E-state index in [2.05, 4.69) is 18.8 Å². The highest BCUT2D eigenvalue weighted by Crippen LogP contribution is 2.40. The molecule has 1 N–H and O–H groups in total. The zero-order chi connectivity index (χ0) is 26.6. The molecule has 8 heteroatoms. The van der Waals surface area contributed by atoms with Crippen molar-refractivity contribution in [2.24, 2.45) is 17.3 Å². The van der Waals surface area contributed by atoms with Crippen LogP contribution >= 0.6 is 11.3 Å². The van der Waals surface area contributed by atoms with Crippen LogP contribution < -0.4 is 4.90 Å². The maximum atomic E-state index is 14.1. The van der Waals surface area contributed by atoms with Crippen molar-refractivity contribution >= 4 is 34.8 Å². The Hall–Kier alpha value is -2.37. The maximum absolute atomic E-state index is 14.1. The topological polar surface area (TPSA) is 87.2 Å². The number of piperidine rings is 1. The van der Waals surface area contributed by atoms with E-state index < -0.39 is 12.0 Å². The number of anilines is 1. The number of likely N-dealkylation sites (tertiary alicyclic amines) is 1. The Morgan fingerprint density at radius 3 is 2.44 bits per heavy atom. The number of carboxylic acids is 1. The minimum Gasteiger partial charge on any atom is -0.477 e. The van der Waals surface area contributed by atoms with E-state index >= 15 is 0 Å². The summed E-state index contributed by atoms with van der Waals surface area (Å²) in [4.78, 5) is 44.2. The molecule has 0 unspecified atom stereocenters. The van der Waals surface area contributed by atoms with Gasteiger partial charge in [-0.25, -0.2) is 4.79 Å². The summed E-state index contributed by atoms with van der Waals surface area (Å²) in [5.74, 6) is 5.33. The fraction of sp³-hybridized carbons (Fsp3) is 0.679. The van der Waals surface area contributed by atoms with Crippen molar-refractivity contribution < 1.29 is 24.2 Å². The van der Waals surface area contributed by atoms with Gasteiger partial charge in [0.15, 0.2) is 0 Å². The molecule has 1 aromatic rings. The molecule has 36 heavy (non-hydrogen) atoms. The average molecular weight is 517 g/mol. The number of aromatic carboxylic acids is 1. The lowest BCUT2D eigenvalue weighted by Gasteiger charge is -2.40. The zero-order valence-corrected chi connectivity index (χ0v) is 23.3. The predicted octanol–water partition coefficient (Wildman–Crippen LogP) is 4.95. The van der Waals surface area contributed by atoms with E-state index in [1.807, 2.05) is 27.7 Å². The monoisotopic (exact) mass is 516 g/mol. The van der Waals surface area contributed by atoms with Crippen molar-refractivity contribution in [3.05, 3.63) is 15.3 Å². The fourth-order valence-corrected chi connectivity index (χ4v) is 6.00. The number of thiophene rings is 1. The summed E-state index contributed by atoms with van der Waals surface area (Å²) in [6, 6.07) is -0.725. The van der Waals surface area contributed by atoms with E-state index in [-0.39, 0.29) is 28.0 Å². The summed E-state index contributed by atoms with van der Waals surface area (Å²) in [6.45, 7) is 11.5. The van der Waals surface area contributed by atoms with Gasteiger partial charge in [-0.3, -0.25) is 14.5 Å². The first-order chi connectivity index (χ1) is 16.9. The normalized spacial score (nSPS) is 22.7. The molecule has 1 saturated heterocycles. The summed E-state index contributed by atoms with van der Waals surface area (Å²) >= 11 is 1.10. The smallest absolute Gasteiger partial charge is 0.348 e. The summed E-state index contributed by atoms with van der Waals surface area (Å²) in [5, 5.41) is 10.2. The van der Waals surface area contributed by atoms with Crippen molar-refractivity contribution in [2.75, 3.05) is 31.7 Å². The molecular formula is C28H40N2O5S. The van der Waals surface area contributed by atoms with Crippen LogP contribution in [0.3, 0.4) is 0 Å². The molecule has 0 aromatic carbocycles. The molecule has 1 aliphatic carbocycles. The number of hydrogen-bond donors (Lipinski definition) is 1. The van der Waals surface area contributed by atoms with Crippen molar-refractivity contribution in [3.63, 3.8) is 0 Å². The number of rotatable bonds is 7. The number of hydrogen-bond acceptors (Lipinski definition) is 5. The van der Waals surface area contributed by atoms with Gasteiger partial charge in [0.25, 0.3) is 0 Å². The number of methoxy groups -OCH3 is 1. The number of carboxylic acid groups (broad SMARTS) is 1. The fourth-order valence-electron chi connectivity index (χ4n) is 5.01. The van der Waals surface area contributed by atoms with Gasteiger partial charge in [-0.2, -0.15) is 0 Å². The first-order valence-electron chi connectivity index (χ1n) is 12.9.